The summed E-state index contributed by atoms with van der Waals surface area (Å²) in [6.07, 6.45) is 8.54. The minimum Gasteiger partial charge on any atom is -0.339 e. The average Bonchev–Trinajstić information content (AvgIpc) is 3.02. The Hall–Kier alpha value is -1.01. The molecule has 3 nitrogen and oxygen atoms in total. The second kappa shape index (κ2) is 6.55. The summed E-state index contributed by atoms with van der Waals surface area (Å²) in [5, 5.41) is 2.96. The zero-order valence-electron chi connectivity index (χ0n) is 10.3. The highest BCUT2D eigenvalue weighted by Gasteiger charge is 2.31. The van der Waals surface area contributed by atoms with E-state index in [-0.39, 0.29) is 5.91 Å². The normalized spacial score (nSPS) is 14.9. The molecule has 1 rings (SSSR count). The first-order valence-corrected chi connectivity index (χ1v) is 6.08. The number of nitrogens with zero attached hydrogens (tertiary/aromatic N) is 1. The minimum atomic E-state index is 0.193. The molecule has 0 aliphatic heterocycles. The van der Waals surface area contributed by atoms with Crippen molar-refractivity contribution >= 4 is 5.91 Å². The van der Waals surface area contributed by atoms with Gasteiger partial charge >= 0.3 is 0 Å². The van der Waals surface area contributed by atoms with E-state index in [1.54, 1.807) is 0 Å². The van der Waals surface area contributed by atoms with Crippen LogP contribution in [0.15, 0.2) is 0 Å². The van der Waals surface area contributed by atoms with E-state index in [4.69, 9.17) is 6.42 Å². The largest absolute Gasteiger partial charge is 0.339 e. The summed E-state index contributed by atoms with van der Waals surface area (Å²) < 4.78 is 0. The number of hydrogen-bond acceptors (Lipinski definition) is 2. The van der Waals surface area contributed by atoms with Crippen LogP contribution in [0.1, 0.15) is 33.1 Å². The van der Waals surface area contributed by atoms with Crippen LogP contribution in [0.2, 0.25) is 0 Å². The van der Waals surface area contributed by atoms with Crippen LogP contribution in [0.25, 0.3) is 0 Å². The standard InChI is InChI=1S/C13H22N2O/c1-4-8-14-10-13(16)15(12-5-6-12)9-7-11(2)3/h1,11-12,14H,5-10H2,2-3H3. The number of amides is 1. The molecule has 0 unspecified atom stereocenters. The highest BCUT2D eigenvalue weighted by Crippen LogP contribution is 2.27. The van der Waals surface area contributed by atoms with E-state index in [0.717, 1.165) is 13.0 Å². The molecule has 0 radical (unpaired) electrons. The Bertz CT molecular complexity index is 264. The molecule has 1 amide bonds. The monoisotopic (exact) mass is 222 g/mol. The highest BCUT2D eigenvalue weighted by molar-refractivity contribution is 5.79. The number of rotatable bonds is 7. The van der Waals surface area contributed by atoms with Gasteiger partial charge in [-0.1, -0.05) is 19.8 Å². The van der Waals surface area contributed by atoms with Gasteiger partial charge in [-0.15, -0.1) is 6.42 Å². The molecule has 1 saturated carbocycles. The van der Waals surface area contributed by atoms with Gasteiger partial charge in [0.2, 0.25) is 5.91 Å². The number of carbonyl (C=O) groups excluding carboxylic acids is 1. The van der Waals surface area contributed by atoms with Crippen molar-refractivity contribution in [3.8, 4) is 12.3 Å². The second-order valence-electron chi connectivity index (χ2n) is 4.81. The molecule has 0 spiro atoms. The lowest BCUT2D eigenvalue weighted by Gasteiger charge is -2.23. The van der Waals surface area contributed by atoms with Gasteiger partial charge in [-0.3, -0.25) is 10.1 Å². The summed E-state index contributed by atoms with van der Waals surface area (Å²) in [6, 6.07) is 0.499. The number of terminal acetylenes is 1. The van der Waals surface area contributed by atoms with Crippen molar-refractivity contribution in [1.82, 2.24) is 10.2 Å². The third-order valence-electron chi connectivity index (χ3n) is 2.76. The predicted molar refractivity (Wildman–Crippen MR) is 65.9 cm³/mol. The molecule has 0 aromatic carbocycles. The third kappa shape index (κ3) is 4.67. The van der Waals surface area contributed by atoms with E-state index in [9.17, 15) is 4.79 Å². The van der Waals surface area contributed by atoms with E-state index in [1.165, 1.54) is 12.8 Å². The zero-order chi connectivity index (χ0) is 12.0. The third-order valence-corrected chi connectivity index (χ3v) is 2.76. The molecule has 90 valence electrons. The van der Waals surface area contributed by atoms with Crippen molar-refractivity contribution in [3.05, 3.63) is 0 Å². The van der Waals surface area contributed by atoms with Crippen molar-refractivity contribution in [3.63, 3.8) is 0 Å². The maximum absolute atomic E-state index is 11.9. The van der Waals surface area contributed by atoms with Crippen LogP contribution in [0, 0.1) is 18.3 Å². The van der Waals surface area contributed by atoms with E-state index in [0.29, 0.717) is 25.0 Å². The molecule has 1 aliphatic carbocycles. The first-order chi connectivity index (χ1) is 7.65. The number of nitrogens with one attached hydrogen (secondary N) is 1. The molecule has 1 aliphatic rings. The second-order valence-corrected chi connectivity index (χ2v) is 4.81. The quantitative estimate of drug-likeness (QED) is 0.519. The molecule has 3 heteroatoms. The van der Waals surface area contributed by atoms with E-state index >= 15 is 0 Å². The van der Waals surface area contributed by atoms with Crippen LogP contribution in [-0.2, 0) is 4.79 Å². The Morgan fingerprint density at radius 2 is 2.25 bits per heavy atom. The first-order valence-electron chi connectivity index (χ1n) is 6.08. The predicted octanol–water partition coefficient (Wildman–Crippen LogP) is 1.25. The lowest BCUT2D eigenvalue weighted by molar-refractivity contribution is -0.130. The van der Waals surface area contributed by atoms with Crippen LogP contribution >= 0.6 is 0 Å². The van der Waals surface area contributed by atoms with E-state index < -0.39 is 0 Å². The molecule has 0 heterocycles. The Kier molecular flexibility index (Phi) is 5.34. The van der Waals surface area contributed by atoms with Crippen molar-refractivity contribution in [1.29, 1.82) is 0 Å². The molecule has 0 bridgehead atoms. The van der Waals surface area contributed by atoms with Crippen LogP contribution in [-0.4, -0.2) is 36.5 Å². The van der Waals surface area contributed by atoms with Crippen LogP contribution in [0.4, 0.5) is 0 Å². The smallest absolute Gasteiger partial charge is 0.236 e. The fourth-order valence-electron chi connectivity index (χ4n) is 1.64. The topological polar surface area (TPSA) is 32.3 Å². The average molecular weight is 222 g/mol. The Morgan fingerprint density at radius 3 is 2.75 bits per heavy atom. The molecule has 0 saturated heterocycles. The maximum Gasteiger partial charge on any atom is 0.236 e. The Balaban J connectivity index is 2.31. The van der Waals surface area contributed by atoms with Gasteiger partial charge in [0.1, 0.15) is 0 Å². The highest BCUT2D eigenvalue weighted by atomic mass is 16.2. The number of carbonyl (C=O) groups is 1. The molecular weight excluding hydrogens is 200 g/mol. The fourth-order valence-corrected chi connectivity index (χ4v) is 1.64. The van der Waals surface area contributed by atoms with Gasteiger partial charge in [0, 0.05) is 12.6 Å². The van der Waals surface area contributed by atoms with Crippen molar-refractivity contribution < 1.29 is 4.79 Å². The van der Waals surface area contributed by atoms with E-state index in [1.807, 2.05) is 4.90 Å². The SMILES string of the molecule is C#CCNCC(=O)N(CCC(C)C)C1CC1. The zero-order valence-corrected chi connectivity index (χ0v) is 10.3. The molecular formula is C13H22N2O. The maximum atomic E-state index is 11.9. The van der Waals surface area contributed by atoms with Gasteiger partial charge in [-0.2, -0.15) is 0 Å². The van der Waals surface area contributed by atoms with Gasteiger partial charge in [0.05, 0.1) is 13.1 Å². The van der Waals surface area contributed by atoms with Crippen LogP contribution < -0.4 is 5.32 Å². The van der Waals surface area contributed by atoms with Gasteiger partial charge in [0.15, 0.2) is 0 Å². The van der Waals surface area contributed by atoms with Gasteiger partial charge in [-0.25, -0.2) is 0 Å². The van der Waals surface area contributed by atoms with Crippen LogP contribution in [0.5, 0.6) is 0 Å². The van der Waals surface area contributed by atoms with Crippen LogP contribution in [0.3, 0.4) is 0 Å². The Morgan fingerprint density at radius 1 is 1.56 bits per heavy atom. The summed E-state index contributed by atoms with van der Waals surface area (Å²) in [5.74, 6) is 3.31. The van der Waals surface area contributed by atoms with E-state index in [2.05, 4.69) is 25.1 Å². The van der Waals surface area contributed by atoms with Crippen molar-refractivity contribution in [2.45, 2.75) is 39.2 Å². The summed E-state index contributed by atoms with van der Waals surface area (Å²) in [6.45, 7) is 6.10. The Labute approximate surface area is 98.6 Å². The number of hydrogen-bond donors (Lipinski definition) is 1. The molecule has 1 N–H and O–H groups in total. The summed E-state index contributed by atoms with van der Waals surface area (Å²) in [4.78, 5) is 13.9. The summed E-state index contributed by atoms with van der Waals surface area (Å²) in [7, 11) is 0. The molecule has 16 heavy (non-hydrogen) atoms. The lowest BCUT2D eigenvalue weighted by atomic mass is 10.1. The van der Waals surface area contributed by atoms with Gasteiger partial charge in [-0.05, 0) is 25.2 Å². The van der Waals surface area contributed by atoms with Gasteiger partial charge in [0.25, 0.3) is 0 Å². The lowest BCUT2D eigenvalue weighted by Crippen LogP contribution is -2.40. The minimum absolute atomic E-state index is 0.193. The molecule has 0 atom stereocenters. The van der Waals surface area contributed by atoms with Gasteiger partial charge < -0.3 is 4.90 Å². The molecule has 0 aromatic heterocycles. The van der Waals surface area contributed by atoms with Crippen molar-refractivity contribution in [2.24, 2.45) is 5.92 Å². The summed E-state index contributed by atoms with van der Waals surface area (Å²) >= 11 is 0. The first kappa shape index (κ1) is 13.1. The summed E-state index contributed by atoms with van der Waals surface area (Å²) in [5.41, 5.74) is 0. The van der Waals surface area contributed by atoms with Crippen molar-refractivity contribution in [2.75, 3.05) is 19.6 Å². The fraction of sp³-hybridized carbons (Fsp3) is 0.769. The molecule has 0 aromatic rings. The molecule has 1 fully saturated rings.